The van der Waals surface area contributed by atoms with Crippen molar-refractivity contribution in [3.05, 3.63) is 40.7 Å². The number of anilines is 1. The number of nitrogens with zero attached hydrogens (tertiary/aromatic N) is 2. The lowest BCUT2D eigenvalue weighted by Crippen LogP contribution is -2.20. The van der Waals surface area contributed by atoms with Crippen molar-refractivity contribution in [2.24, 2.45) is 5.92 Å². The lowest BCUT2D eigenvalue weighted by Gasteiger charge is -2.11. The van der Waals surface area contributed by atoms with E-state index in [1.165, 1.54) is 0 Å². The molecule has 1 aliphatic rings. The van der Waals surface area contributed by atoms with Crippen LogP contribution < -0.4 is 5.32 Å². The fraction of sp³-hybridized carbons (Fsp3) is 0.412. The van der Waals surface area contributed by atoms with Gasteiger partial charge in [-0.05, 0) is 51.0 Å². The number of aromatic nitrogens is 2. The molecule has 2 aromatic rings. The number of carbonyl (C=O) groups is 1. The van der Waals surface area contributed by atoms with Crippen molar-refractivity contribution in [3.8, 4) is 5.69 Å². The molecule has 22 heavy (non-hydrogen) atoms. The van der Waals surface area contributed by atoms with E-state index in [1.54, 1.807) is 0 Å². The van der Waals surface area contributed by atoms with Crippen LogP contribution in [0.3, 0.4) is 0 Å². The van der Waals surface area contributed by atoms with Gasteiger partial charge in [0, 0.05) is 11.6 Å². The van der Waals surface area contributed by atoms with Crippen molar-refractivity contribution in [3.63, 3.8) is 0 Å². The van der Waals surface area contributed by atoms with Crippen LogP contribution in [-0.4, -0.2) is 15.7 Å². The van der Waals surface area contributed by atoms with Crippen LogP contribution in [0.2, 0.25) is 5.02 Å². The summed E-state index contributed by atoms with van der Waals surface area (Å²) in [6.07, 6.45) is 4.34. The van der Waals surface area contributed by atoms with Gasteiger partial charge in [0.15, 0.2) is 0 Å². The van der Waals surface area contributed by atoms with Crippen molar-refractivity contribution in [1.82, 2.24) is 9.78 Å². The van der Waals surface area contributed by atoms with E-state index in [-0.39, 0.29) is 11.8 Å². The van der Waals surface area contributed by atoms with Crippen LogP contribution in [0, 0.1) is 19.8 Å². The molecule has 0 bridgehead atoms. The molecule has 0 spiro atoms. The predicted octanol–water partition coefficient (Wildman–Crippen LogP) is 4.27. The fourth-order valence-electron chi connectivity index (χ4n) is 2.99. The Hall–Kier alpha value is -1.81. The predicted molar refractivity (Wildman–Crippen MR) is 88.6 cm³/mol. The maximum absolute atomic E-state index is 12.1. The van der Waals surface area contributed by atoms with E-state index in [0.717, 1.165) is 48.4 Å². The van der Waals surface area contributed by atoms with Crippen molar-refractivity contribution in [2.75, 3.05) is 5.32 Å². The number of amides is 1. The summed E-state index contributed by atoms with van der Waals surface area (Å²) in [7, 11) is 0. The summed E-state index contributed by atoms with van der Waals surface area (Å²) in [5.41, 5.74) is 3.50. The smallest absolute Gasteiger partial charge is 0.227 e. The molecule has 0 radical (unpaired) electrons. The Labute approximate surface area is 135 Å². The first-order chi connectivity index (χ1) is 10.6. The maximum Gasteiger partial charge on any atom is 0.227 e. The molecule has 0 unspecified atom stereocenters. The van der Waals surface area contributed by atoms with Gasteiger partial charge in [0.1, 0.15) is 0 Å². The summed E-state index contributed by atoms with van der Waals surface area (Å²) >= 11 is 6.18. The molecule has 1 amide bonds. The largest absolute Gasteiger partial charge is 0.326 e. The summed E-state index contributed by atoms with van der Waals surface area (Å²) in [4.78, 5) is 12.1. The minimum absolute atomic E-state index is 0.138. The van der Waals surface area contributed by atoms with E-state index >= 15 is 0 Å². The fourth-order valence-corrected chi connectivity index (χ4v) is 3.11. The number of hydrogen-bond acceptors (Lipinski definition) is 2. The molecule has 0 aliphatic heterocycles. The molecule has 1 heterocycles. The van der Waals surface area contributed by atoms with Crippen LogP contribution in [-0.2, 0) is 4.79 Å². The lowest BCUT2D eigenvalue weighted by molar-refractivity contribution is -0.119. The van der Waals surface area contributed by atoms with Gasteiger partial charge in [-0.15, -0.1) is 0 Å². The summed E-state index contributed by atoms with van der Waals surface area (Å²) in [5, 5.41) is 8.12. The maximum atomic E-state index is 12.1. The first-order valence-electron chi connectivity index (χ1n) is 7.69. The third-order valence-electron chi connectivity index (χ3n) is 4.31. The van der Waals surface area contributed by atoms with E-state index in [0.29, 0.717) is 5.02 Å². The minimum atomic E-state index is 0.138. The van der Waals surface area contributed by atoms with E-state index in [4.69, 9.17) is 11.6 Å². The third-order valence-corrected chi connectivity index (χ3v) is 4.86. The highest BCUT2D eigenvalue weighted by Gasteiger charge is 2.22. The van der Waals surface area contributed by atoms with E-state index in [2.05, 4.69) is 10.4 Å². The van der Waals surface area contributed by atoms with Gasteiger partial charge in [-0.25, -0.2) is 4.68 Å². The number of benzene rings is 1. The molecule has 4 nitrogen and oxygen atoms in total. The zero-order valence-corrected chi connectivity index (χ0v) is 13.7. The Balaban J connectivity index is 1.75. The highest BCUT2D eigenvalue weighted by Crippen LogP contribution is 2.27. The molecule has 0 saturated heterocycles. The average Bonchev–Trinajstić information content (AvgIpc) is 3.13. The molecule has 1 aromatic heterocycles. The second kappa shape index (κ2) is 6.13. The highest BCUT2D eigenvalue weighted by atomic mass is 35.5. The van der Waals surface area contributed by atoms with Crippen LogP contribution in [0.4, 0.5) is 5.69 Å². The van der Waals surface area contributed by atoms with E-state index < -0.39 is 0 Å². The molecule has 1 N–H and O–H groups in total. The van der Waals surface area contributed by atoms with Gasteiger partial charge in [0.2, 0.25) is 5.91 Å². The molecule has 1 aliphatic carbocycles. The summed E-state index contributed by atoms with van der Waals surface area (Å²) < 4.78 is 1.82. The molecule has 1 aromatic carbocycles. The van der Waals surface area contributed by atoms with Gasteiger partial charge in [0.05, 0.1) is 22.1 Å². The molecular formula is C17H20ClN3O. The second-order valence-electron chi connectivity index (χ2n) is 5.91. The first-order valence-corrected chi connectivity index (χ1v) is 8.07. The number of halogens is 1. The van der Waals surface area contributed by atoms with Crippen molar-refractivity contribution in [2.45, 2.75) is 39.5 Å². The minimum Gasteiger partial charge on any atom is -0.326 e. The Morgan fingerprint density at radius 1 is 1.23 bits per heavy atom. The van der Waals surface area contributed by atoms with Gasteiger partial charge < -0.3 is 5.32 Å². The van der Waals surface area contributed by atoms with Gasteiger partial charge in [0.25, 0.3) is 0 Å². The van der Waals surface area contributed by atoms with Crippen LogP contribution in [0.5, 0.6) is 0 Å². The molecular weight excluding hydrogens is 298 g/mol. The number of aryl methyl sites for hydroxylation is 1. The second-order valence-corrected chi connectivity index (χ2v) is 6.29. The van der Waals surface area contributed by atoms with Crippen LogP contribution in [0.25, 0.3) is 5.69 Å². The topological polar surface area (TPSA) is 46.9 Å². The Kier molecular flexibility index (Phi) is 4.21. The number of nitrogens with one attached hydrogen (secondary N) is 1. The zero-order chi connectivity index (χ0) is 15.7. The van der Waals surface area contributed by atoms with Crippen molar-refractivity contribution >= 4 is 23.2 Å². The van der Waals surface area contributed by atoms with Crippen LogP contribution >= 0.6 is 11.6 Å². The molecule has 1 fully saturated rings. The quantitative estimate of drug-likeness (QED) is 0.918. The first kappa shape index (κ1) is 15.1. The highest BCUT2D eigenvalue weighted by molar-refractivity contribution is 6.31. The zero-order valence-electron chi connectivity index (χ0n) is 12.9. The SMILES string of the molecule is Cc1nn(-c2ccc(NC(=O)C3CCCC3)cc2)c(C)c1Cl. The summed E-state index contributed by atoms with van der Waals surface area (Å²) in [6.45, 7) is 3.83. The molecule has 3 rings (SSSR count). The Bertz CT molecular complexity index is 685. The van der Waals surface area contributed by atoms with E-state index in [1.807, 2.05) is 42.8 Å². The van der Waals surface area contributed by atoms with Crippen molar-refractivity contribution < 1.29 is 4.79 Å². The van der Waals surface area contributed by atoms with Crippen LogP contribution in [0.15, 0.2) is 24.3 Å². The summed E-state index contributed by atoms with van der Waals surface area (Å²) in [5.74, 6) is 0.314. The monoisotopic (exact) mass is 317 g/mol. The van der Waals surface area contributed by atoms with E-state index in [9.17, 15) is 4.79 Å². The third kappa shape index (κ3) is 2.88. The standard InChI is InChI=1S/C17H20ClN3O/c1-11-16(18)12(2)21(20-11)15-9-7-14(8-10-15)19-17(22)13-5-3-4-6-13/h7-10,13H,3-6H2,1-2H3,(H,19,22). The number of hydrogen-bond donors (Lipinski definition) is 1. The van der Waals surface area contributed by atoms with Gasteiger partial charge >= 0.3 is 0 Å². The normalized spacial score (nSPS) is 15.2. The Morgan fingerprint density at radius 2 is 1.86 bits per heavy atom. The van der Waals surface area contributed by atoms with Gasteiger partial charge in [-0.2, -0.15) is 5.10 Å². The van der Waals surface area contributed by atoms with Gasteiger partial charge in [-0.1, -0.05) is 24.4 Å². The molecule has 1 saturated carbocycles. The van der Waals surface area contributed by atoms with Crippen LogP contribution in [0.1, 0.15) is 37.1 Å². The molecule has 116 valence electrons. The van der Waals surface area contributed by atoms with Gasteiger partial charge in [-0.3, -0.25) is 4.79 Å². The molecule has 0 atom stereocenters. The average molecular weight is 318 g/mol. The number of carbonyl (C=O) groups excluding carboxylic acids is 1. The lowest BCUT2D eigenvalue weighted by atomic mass is 10.1. The molecule has 5 heteroatoms. The van der Waals surface area contributed by atoms with Crippen molar-refractivity contribution in [1.29, 1.82) is 0 Å². The summed E-state index contributed by atoms with van der Waals surface area (Å²) in [6, 6.07) is 7.71. The Morgan fingerprint density at radius 3 is 2.41 bits per heavy atom. The number of rotatable bonds is 3.